The van der Waals surface area contributed by atoms with E-state index in [2.05, 4.69) is 60.7 Å². The van der Waals surface area contributed by atoms with Crippen LogP contribution in [0, 0.1) is 17.8 Å². The van der Waals surface area contributed by atoms with Crippen molar-refractivity contribution in [1.82, 2.24) is 5.32 Å². The lowest BCUT2D eigenvalue weighted by Gasteiger charge is -2.40. The first-order valence-corrected chi connectivity index (χ1v) is 8.00. The molecule has 0 saturated heterocycles. The third-order valence-corrected chi connectivity index (χ3v) is 4.32. The Morgan fingerprint density at radius 1 is 0.944 bits per heavy atom. The maximum Gasteiger partial charge on any atom is 0.0184 e. The first kappa shape index (κ1) is 18.0. The molecule has 110 valence electrons. The summed E-state index contributed by atoms with van der Waals surface area (Å²) in [7, 11) is 0. The Balaban J connectivity index is 4.74. The highest BCUT2D eigenvalue weighted by molar-refractivity contribution is 4.90. The van der Waals surface area contributed by atoms with Crippen LogP contribution in [0.15, 0.2) is 0 Å². The van der Waals surface area contributed by atoms with Gasteiger partial charge in [-0.05, 0) is 43.4 Å². The maximum absolute atomic E-state index is 3.88. The van der Waals surface area contributed by atoms with E-state index in [0.717, 1.165) is 17.8 Å². The number of hydrogen-bond donors (Lipinski definition) is 1. The van der Waals surface area contributed by atoms with Crippen LogP contribution in [-0.4, -0.2) is 11.6 Å². The van der Waals surface area contributed by atoms with Gasteiger partial charge in [0.25, 0.3) is 0 Å². The molecule has 1 nitrogen and oxygen atoms in total. The van der Waals surface area contributed by atoms with E-state index in [1.807, 2.05) is 0 Å². The van der Waals surface area contributed by atoms with Crippen LogP contribution in [0.25, 0.3) is 0 Å². The highest BCUT2D eigenvalue weighted by Crippen LogP contribution is 2.31. The SMILES string of the molecule is CCC(CCC(C)C)(CC(C)C(C)C)NC(C)C. The van der Waals surface area contributed by atoms with Crippen molar-refractivity contribution >= 4 is 0 Å². The maximum atomic E-state index is 3.88. The largest absolute Gasteiger partial charge is 0.309 e. The Morgan fingerprint density at radius 2 is 1.50 bits per heavy atom. The molecule has 0 aromatic rings. The molecule has 0 aromatic carbocycles. The van der Waals surface area contributed by atoms with E-state index in [9.17, 15) is 0 Å². The van der Waals surface area contributed by atoms with Crippen molar-refractivity contribution < 1.29 is 0 Å². The Bertz CT molecular complexity index is 208. The van der Waals surface area contributed by atoms with E-state index in [4.69, 9.17) is 0 Å². The molecule has 0 rings (SSSR count). The van der Waals surface area contributed by atoms with Crippen molar-refractivity contribution in [3.8, 4) is 0 Å². The van der Waals surface area contributed by atoms with Crippen LogP contribution in [0.3, 0.4) is 0 Å². The summed E-state index contributed by atoms with van der Waals surface area (Å²) in [6.45, 7) is 18.7. The number of hydrogen-bond acceptors (Lipinski definition) is 1. The van der Waals surface area contributed by atoms with Gasteiger partial charge in [0.15, 0.2) is 0 Å². The monoisotopic (exact) mass is 255 g/mol. The molecule has 0 bridgehead atoms. The average Bonchev–Trinajstić information content (AvgIpc) is 2.24. The second kappa shape index (κ2) is 8.19. The van der Waals surface area contributed by atoms with Gasteiger partial charge < -0.3 is 5.32 Å². The molecule has 0 aliphatic rings. The molecular formula is C17H37N. The highest BCUT2D eigenvalue weighted by Gasteiger charge is 2.31. The average molecular weight is 255 g/mol. The fourth-order valence-corrected chi connectivity index (χ4v) is 2.69. The summed E-state index contributed by atoms with van der Waals surface area (Å²) in [5.74, 6) is 2.38. The molecule has 2 atom stereocenters. The lowest BCUT2D eigenvalue weighted by atomic mass is 9.77. The molecule has 0 heterocycles. The summed E-state index contributed by atoms with van der Waals surface area (Å²) in [4.78, 5) is 0. The second-order valence-corrected chi connectivity index (χ2v) is 7.29. The zero-order chi connectivity index (χ0) is 14.3. The van der Waals surface area contributed by atoms with Gasteiger partial charge in [0.1, 0.15) is 0 Å². The molecular weight excluding hydrogens is 218 g/mol. The molecule has 0 aromatic heterocycles. The van der Waals surface area contributed by atoms with Crippen molar-refractivity contribution in [3.63, 3.8) is 0 Å². The van der Waals surface area contributed by atoms with Gasteiger partial charge in [-0.25, -0.2) is 0 Å². The van der Waals surface area contributed by atoms with E-state index in [1.54, 1.807) is 0 Å². The first-order valence-electron chi connectivity index (χ1n) is 8.00. The minimum absolute atomic E-state index is 0.349. The minimum atomic E-state index is 0.349. The number of rotatable bonds is 9. The van der Waals surface area contributed by atoms with Crippen molar-refractivity contribution in [2.24, 2.45) is 17.8 Å². The van der Waals surface area contributed by atoms with E-state index in [0.29, 0.717) is 11.6 Å². The van der Waals surface area contributed by atoms with Crippen molar-refractivity contribution in [3.05, 3.63) is 0 Å². The summed E-state index contributed by atoms with van der Waals surface area (Å²) in [5.41, 5.74) is 0.349. The van der Waals surface area contributed by atoms with Crippen LogP contribution in [-0.2, 0) is 0 Å². The summed E-state index contributed by atoms with van der Waals surface area (Å²) in [6, 6.07) is 0.580. The van der Waals surface area contributed by atoms with Gasteiger partial charge in [0, 0.05) is 11.6 Å². The van der Waals surface area contributed by atoms with E-state index in [1.165, 1.54) is 25.7 Å². The smallest absolute Gasteiger partial charge is 0.0184 e. The molecule has 0 radical (unpaired) electrons. The normalized spacial score (nSPS) is 17.5. The van der Waals surface area contributed by atoms with Crippen LogP contribution >= 0.6 is 0 Å². The van der Waals surface area contributed by atoms with Crippen LogP contribution < -0.4 is 5.32 Å². The standard InChI is InChI=1S/C17H37N/c1-9-17(18-15(6)7,11-10-13(2)3)12-16(8)14(4)5/h13-16,18H,9-12H2,1-8H3. The third-order valence-electron chi connectivity index (χ3n) is 4.32. The zero-order valence-corrected chi connectivity index (χ0v) is 14.1. The van der Waals surface area contributed by atoms with Crippen molar-refractivity contribution in [2.75, 3.05) is 0 Å². The molecule has 2 unspecified atom stereocenters. The molecule has 0 spiro atoms. The Morgan fingerprint density at radius 3 is 1.83 bits per heavy atom. The molecule has 0 amide bonds. The molecule has 1 N–H and O–H groups in total. The lowest BCUT2D eigenvalue weighted by Crippen LogP contribution is -2.49. The van der Waals surface area contributed by atoms with Crippen molar-refractivity contribution in [1.29, 1.82) is 0 Å². The predicted molar refractivity (Wildman–Crippen MR) is 84.0 cm³/mol. The van der Waals surface area contributed by atoms with Crippen molar-refractivity contribution in [2.45, 2.75) is 92.7 Å². The Labute approximate surface area is 116 Å². The number of nitrogens with one attached hydrogen (secondary N) is 1. The lowest BCUT2D eigenvalue weighted by molar-refractivity contribution is 0.185. The Hall–Kier alpha value is -0.0400. The summed E-state index contributed by atoms with van der Waals surface area (Å²) >= 11 is 0. The van der Waals surface area contributed by atoms with E-state index >= 15 is 0 Å². The van der Waals surface area contributed by atoms with Crippen LogP contribution in [0.4, 0.5) is 0 Å². The van der Waals surface area contributed by atoms with Gasteiger partial charge in [0.2, 0.25) is 0 Å². The topological polar surface area (TPSA) is 12.0 Å². The van der Waals surface area contributed by atoms with Gasteiger partial charge in [-0.3, -0.25) is 0 Å². The fraction of sp³-hybridized carbons (Fsp3) is 1.00. The fourth-order valence-electron chi connectivity index (χ4n) is 2.69. The van der Waals surface area contributed by atoms with E-state index in [-0.39, 0.29) is 0 Å². The van der Waals surface area contributed by atoms with Gasteiger partial charge in [-0.1, -0.05) is 55.4 Å². The first-order chi connectivity index (χ1) is 8.22. The van der Waals surface area contributed by atoms with Gasteiger partial charge >= 0.3 is 0 Å². The van der Waals surface area contributed by atoms with Gasteiger partial charge in [-0.15, -0.1) is 0 Å². The molecule has 0 saturated carbocycles. The van der Waals surface area contributed by atoms with Gasteiger partial charge in [0.05, 0.1) is 0 Å². The molecule has 0 aliphatic heterocycles. The highest BCUT2D eigenvalue weighted by atomic mass is 15.0. The quantitative estimate of drug-likeness (QED) is 0.593. The molecule has 1 heteroatoms. The molecule has 18 heavy (non-hydrogen) atoms. The van der Waals surface area contributed by atoms with E-state index < -0.39 is 0 Å². The van der Waals surface area contributed by atoms with Crippen LogP contribution in [0.2, 0.25) is 0 Å². The van der Waals surface area contributed by atoms with Crippen LogP contribution in [0.5, 0.6) is 0 Å². The summed E-state index contributed by atoms with van der Waals surface area (Å²) in [5, 5.41) is 3.88. The molecule has 0 aliphatic carbocycles. The zero-order valence-electron chi connectivity index (χ0n) is 14.1. The van der Waals surface area contributed by atoms with Gasteiger partial charge in [-0.2, -0.15) is 0 Å². The second-order valence-electron chi connectivity index (χ2n) is 7.29. The predicted octanol–water partition coefficient (Wildman–Crippen LogP) is 5.25. The Kier molecular flexibility index (Phi) is 8.18. The molecule has 0 fully saturated rings. The third kappa shape index (κ3) is 6.78. The van der Waals surface area contributed by atoms with Crippen LogP contribution in [0.1, 0.15) is 81.1 Å². The minimum Gasteiger partial charge on any atom is -0.309 e. The summed E-state index contributed by atoms with van der Waals surface area (Å²) in [6.07, 6.45) is 5.20. The summed E-state index contributed by atoms with van der Waals surface area (Å²) < 4.78 is 0.